The summed E-state index contributed by atoms with van der Waals surface area (Å²) in [6.07, 6.45) is 1.03. The summed E-state index contributed by atoms with van der Waals surface area (Å²) >= 11 is 0. The van der Waals surface area contributed by atoms with Crippen molar-refractivity contribution in [2.24, 2.45) is 18.9 Å². The largest absolute Gasteiger partial charge is 0.274 e. The first-order valence-electron chi connectivity index (χ1n) is 6.46. The number of halogens is 1. The Hall–Kier alpha value is -0.950. The maximum absolute atomic E-state index is 14.1. The van der Waals surface area contributed by atoms with Crippen LogP contribution in [0.25, 0.3) is 0 Å². The summed E-state index contributed by atoms with van der Waals surface area (Å²) in [5.74, 6) is 0.171. The van der Waals surface area contributed by atoms with Gasteiger partial charge in [-0.25, -0.2) is 12.8 Å². The lowest BCUT2D eigenvalue weighted by Crippen LogP contribution is -2.46. The van der Waals surface area contributed by atoms with Crippen LogP contribution in [0.4, 0.5) is 4.39 Å². The Balaban J connectivity index is 2.16. The van der Waals surface area contributed by atoms with Gasteiger partial charge in [-0.05, 0) is 24.3 Å². The number of rotatable bonds is 3. The van der Waals surface area contributed by atoms with Gasteiger partial charge in [-0.2, -0.15) is 9.40 Å². The monoisotopic (exact) mass is 289 g/mol. The molecule has 0 aliphatic carbocycles. The van der Waals surface area contributed by atoms with Crippen LogP contribution < -0.4 is 0 Å². The fourth-order valence-electron chi connectivity index (χ4n) is 2.53. The zero-order chi connectivity index (χ0) is 14.2. The highest BCUT2D eigenvalue weighted by Gasteiger charge is 2.37. The smallest absolute Gasteiger partial charge is 0.262 e. The molecule has 108 valence electrons. The van der Waals surface area contributed by atoms with Crippen LogP contribution in [-0.2, 0) is 17.1 Å². The van der Waals surface area contributed by atoms with E-state index in [9.17, 15) is 12.8 Å². The minimum Gasteiger partial charge on any atom is -0.274 e. The molecule has 1 aromatic rings. The summed E-state index contributed by atoms with van der Waals surface area (Å²) in [7, 11) is -2.01. The number of alkyl halides is 1. The second kappa shape index (κ2) is 5.20. The Labute approximate surface area is 113 Å². The Kier molecular flexibility index (Phi) is 3.96. The van der Waals surface area contributed by atoms with Gasteiger partial charge in [0.25, 0.3) is 10.0 Å². The fourth-order valence-corrected chi connectivity index (χ4v) is 3.94. The predicted molar refractivity (Wildman–Crippen MR) is 69.8 cm³/mol. The summed E-state index contributed by atoms with van der Waals surface area (Å²) in [6, 6.07) is 1.44. The van der Waals surface area contributed by atoms with Crippen molar-refractivity contribution in [3.05, 3.63) is 12.3 Å². The van der Waals surface area contributed by atoms with Gasteiger partial charge in [-0.3, -0.25) is 4.68 Å². The molecule has 2 rings (SSSR count). The van der Waals surface area contributed by atoms with Crippen molar-refractivity contribution in [1.82, 2.24) is 14.1 Å². The molecule has 0 saturated carbocycles. The maximum atomic E-state index is 14.1. The van der Waals surface area contributed by atoms with Gasteiger partial charge < -0.3 is 0 Å². The summed E-state index contributed by atoms with van der Waals surface area (Å²) < 4.78 is 41.3. The van der Waals surface area contributed by atoms with Crippen LogP contribution in [0, 0.1) is 11.8 Å². The van der Waals surface area contributed by atoms with Gasteiger partial charge in [-0.1, -0.05) is 13.8 Å². The number of aromatic nitrogens is 2. The van der Waals surface area contributed by atoms with Crippen LogP contribution in [0.2, 0.25) is 0 Å². The molecular formula is C12H20FN3O2S. The minimum absolute atomic E-state index is 0.00908. The molecule has 1 saturated heterocycles. The molecule has 0 N–H and O–H groups in total. The Morgan fingerprint density at radius 2 is 2.16 bits per heavy atom. The van der Waals surface area contributed by atoms with Gasteiger partial charge in [0.2, 0.25) is 0 Å². The number of aryl methyl sites for hydroxylation is 1. The van der Waals surface area contributed by atoms with Crippen molar-refractivity contribution >= 4 is 10.0 Å². The average molecular weight is 289 g/mol. The van der Waals surface area contributed by atoms with E-state index in [0.29, 0.717) is 13.0 Å². The first kappa shape index (κ1) is 14.5. The number of hydrogen-bond donors (Lipinski definition) is 0. The third kappa shape index (κ3) is 2.81. The molecule has 1 fully saturated rings. The zero-order valence-corrected chi connectivity index (χ0v) is 12.3. The zero-order valence-electron chi connectivity index (χ0n) is 11.5. The van der Waals surface area contributed by atoms with E-state index in [0.717, 1.165) is 0 Å². The van der Waals surface area contributed by atoms with Crippen LogP contribution in [0.3, 0.4) is 0 Å². The van der Waals surface area contributed by atoms with Crippen LogP contribution in [0.15, 0.2) is 17.3 Å². The highest BCUT2D eigenvalue weighted by molar-refractivity contribution is 7.89. The van der Waals surface area contributed by atoms with E-state index < -0.39 is 16.2 Å². The van der Waals surface area contributed by atoms with Crippen molar-refractivity contribution in [2.75, 3.05) is 13.1 Å². The first-order valence-corrected chi connectivity index (χ1v) is 7.90. The van der Waals surface area contributed by atoms with Gasteiger partial charge >= 0.3 is 0 Å². The normalized spacial score (nSPS) is 25.9. The molecule has 7 heteroatoms. The van der Waals surface area contributed by atoms with E-state index in [2.05, 4.69) is 5.10 Å². The van der Waals surface area contributed by atoms with E-state index in [1.807, 2.05) is 13.8 Å². The van der Waals surface area contributed by atoms with Crippen LogP contribution in [0.5, 0.6) is 0 Å². The minimum atomic E-state index is -3.66. The summed E-state index contributed by atoms with van der Waals surface area (Å²) in [5.41, 5.74) is 0. The standard InChI is InChI=1S/C12H20FN3O2S/c1-9(2)10-4-7-16(8-11(10)13)19(17,18)12-5-6-15(3)14-12/h5-6,9-11H,4,7-8H2,1-3H3/t10-,11-/m1/s1. The molecule has 5 nitrogen and oxygen atoms in total. The second-order valence-electron chi connectivity index (χ2n) is 5.40. The van der Waals surface area contributed by atoms with Crippen molar-refractivity contribution in [3.8, 4) is 0 Å². The average Bonchev–Trinajstić information content (AvgIpc) is 2.76. The fraction of sp³-hybridized carbons (Fsp3) is 0.750. The van der Waals surface area contributed by atoms with E-state index >= 15 is 0 Å². The predicted octanol–water partition coefficient (Wildman–Crippen LogP) is 1.42. The van der Waals surface area contributed by atoms with E-state index in [4.69, 9.17) is 0 Å². The molecule has 1 aliphatic heterocycles. The summed E-state index contributed by atoms with van der Waals surface area (Å²) in [6.45, 7) is 4.24. The lowest BCUT2D eigenvalue weighted by molar-refractivity contribution is 0.101. The van der Waals surface area contributed by atoms with E-state index in [1.54, 1.807) is 13.2 Å². The van der Waals surface area contributed by atoms with Gasteiger partial charge in [0.05, 0.1) is 0 Å². The van der Waals surface area contributed by atoms with Crippen LogP contribution in [0.1, 0.15) is 20.3 Å². The molecule has 0 aromatic carbocycles. The van der Waals surface area contributed by atoms with Crippen molar-refractivity contribution in [1.29, 1.82) is 0 Å². The van der Waals surface area contributed by atoms with Crippen molar-refractivity contribution in [3.63, 3.8) is 0 Å². The van der Waals surface area contributed by atoms with Crippen LogP contribution in [-0.4, -0.2) is 41.8 Å². The number of piperidine rings is 1. The molecule has 1 aliphatic rings. The number of nitrogens with zero attached hydrogens (tertiary/aromatic N) is 3. The Bertz CT molecular complexity index is 541. The molecule has 2 heterocycles. The topological polar surface area (TPSA) is 55.2 Å². The molecule has 0 radical (unpaired) electrons. The highest BCUT2D eigenvalue weighted by Crippen LogP contribution is 2.29. The maximum Gasteiger partial charge on any atom is 0.262 e. The molecular weight excluding hydrogens is 269 g/mol. The third-order valence-electron chi connectivity index (χ3n) is 3.70. The molecule has 1 aromatic heterocycles. The second-order valence-corrected chi connectivity index (χ2v) is 7.29. The molecule has 0 spiro atoms. The number of sulfonamides is 1. The quantitative estimate of drug-likeness (QED) is 0.845. The molecule has 0 unspecified atom stereocenters. The Morgan fingerprint density at radius 3 is 2.63 bits per heavy atom. The van der Waals surface area contributed by atoms with Gasteiger partial charge in [-0.15, -0.1) is 0 Å². The lowest BCUT2D eigenvalue weighted by Gasteiger charge is -2.35. The van der Waals surface area contributed by atoms with E-state index in [-0.39, 0.29) is 23.4 Å². The van der Waals surface area contributed by atoms with Crippen molar-refractivity contribution in [2.45, 2.75) is 31.5 Å². The molecule has 2 atom stereocenters. The lowest BCUT2D eigenvalue weighted by atomic mass is 9.86. The Morgan fingerprint density at radius 1 is 1.47 bits per heavy atom. The van der Waals surface area contributed by atoms with Gasteiger partial charge in [0.15, 0.2) is 5.03 Å². The molecule has 0 bridgehead atoms. The summed E-state index contributed by atoms with van der Waals surface area (Å²) in [5, 5.41) is 3.89. The van der Waals surface area contributed by atoms with E-state index in [1.165, 1.54) is 15.1 Å². The van der Waals surface area contributed by atoms with Gasteiger partial charge in [0.1, 0.15) is 6.17 Å². The highest BCUT2D eigenvalue weighted by atomic mass is 32.2. The SMILES string of the molecule is CC(C)[C@H]1CCN(S(=O)(=O)c2ccn(C)n2)C[C@H]1F. The molecule has 0 amide bonds. The number of hydrogen-bond acceptors (Lipinski definition) is 3. The third-order valence-corrected chi connectivity index (χ3v) is 5.46. The first-order chi connectivity index (χ1) is 8.82. The summed E-state index contributed by atoms with van der Waals surface area (Å²) in [4.78, 5) is 0. The van der Waals surface area contributed by atoms with Crippen molar-refractivity contribution < 1.29 is 12.8 Å². The molecule has 19 heavy (non-hydrogen) atoms. The van der Waals surface area contributed by atoms with Crippen LogP contribution >= 0.6 is 0 Å². The van der Waals surface area contributed by atoms with Gasteiger partial charge in [0, 0.05) is 26.3 Å².